The second-order valence-corrected chi connectivity index (χ2v) is 3.99. The topological polar surface area (TPSA) is 104 Å². The average molecular weight is 222 g/mol. The Labute approximate surface area is 90.2 Å². The number of amidine groups is 1. The lowest BCUT2D eigenvalue weighted by Gasteiger charge is -2.00. The van der Waals surface area contributed by atoms with Crippen LogP contribution in [-0.4, -0.2) is 31.5 Å². The molecule has 0 bridgehead atoms. The molecule has 2 aromatic rings. The summed E-state index contributed by atoms with van der Waals surface area (Å²) in [5, 5.41) is 7.95. The van der Waals surface area contributed by atoms with Crippen LogP contribution in [0.4, 0.5) is 0 Å². The van der Waals surface area contributed by atoms with Crippen LogP contribution in [0.3, 0.4) is 0 Å². The van der Waals surface area contributed by atoms with Crippen molar-refractivity contribution in [3.63, 3.8) is 0 Å². The van der Waals surface area contributed by atoms with E-state index in [2.05, 4.69) is 19.9 Å². The first-order valence-electron chi connectivity index (χ1n) is 4.37. The molecule has 0 aromatic carbocycles. The Balaban J connectivity index is 2.13. The van der Waals surface area contributed by atoms with Gasteiger partial charge in [0.1, 0.15) is 16.9 Å². The van der Waals surface area contributed by atoms with Crippen molar-refractivity contribution in [1.29, 1.82) is 5.41 Å². The molecule has 2 rings (SSSR count). The monoisotopic (exact) mass is 222 g/mol. The molecule has 2 aromatic heterocycles. The van der Waals surface area contributed by atoms with Gasteiger partial charge in [0.2, 0.25) is 0 Å². The summed E-state index contributed by atoms with van der Waals surface area (Å²) < 4.78 is 0. The summed E-state index contributed by atoms with van der Waals surface area (Å²) in [6.45, 7) is 0. The molecule has 6 nitrogen and oxygen atoms in total. The van der Waals surface area contributed by atoms with Crippen molar-refractivity contribution in [2.75, 3.05) is 5.75 Å². The molecule has 0 aliphatic rings. The van der Waals surface area contributed by atoms with Crippen LogP contribution in [0.1, 0.15) is 6.42 Å². The maximum absolute atomic E-state index is 7.10. The predicted octanol–water partition coefficient (Wildman–Crippen LogP) is 0.771. The van der Waals surface area contributed by atoms with Gasteiger partial charge in [-0.25, -0.2) is 15.0 Å². The smallest absolute Gasteiger partial charge is 0.181 e. The molecule has 0 unspecified atom stereocenters. The largest absolute Gasteiger partial charge is 0.388 e. The number of aromatic amines is 1. The number of hydrogen-bond acceptors (Lipinski definition) is 5. The van der Waals surface area contributed by atoms with Gasteiger partial charge in [0, 0.05) is 12.2 Å². The number of nitrogens with one attached hydrogen (secondary N) is 2. The van der Waals surface area contributed by atoms with Crippen LogP contribution in [0.2, 0.25) is 0 Å². The Morgan fingerprint density at radius 1 is 1.47 bits per heavy atom. The summed E-state index contributed by atoms with van der Waals surface area (Å²) in [4.78, 5) is 15.2. The Morgan fingerprint density at radius 3 is 3.13 bits per heavy atom. The summed E-state index contributed by atoms with van der Waals surface area (Å²) in [5.41, 5.74) is 6.77. The van der Waals surface area contributed by atoms with Crippen LogP contribution in [-0.2, 0) is 0 Å². The van der Waals surface area contributed by atoms with E-state index in [4.69, 9.17) is 11.1 Å². The Hall–Kier alpha value is -1.63. The van der Waals surface area contributed by atoms with Crippen molar-refractivity contribution >= 4 is 28.8 Å². The van der Waals surface area contributed by atoms with E-state index >= 15 is 0 Å². The molecule has 0 spiro atoms. The lowest BCUT2D eigenvalue weighted by Crippen LogP contribution is -2.09. The van der Waals surface area contributed by atoms with Gasteiger partial charge in [-0.1, -0.05) is 0 Å². The zero-order chi connectivity index (χ0) is 10.7. The predicted molar refractivity (Wildman–Crippen MR) is 58.9 cm³/mol. The lowest BCUT2D eigenvalue weighted by atomic mass is 10.5. The van der Waals surface area contributed by atoms with Gasteiger partial charge >= 0.3 is 0 Å². The van der Waals surface area contributed by atoms with Crippen molar-refractivity contribution in [3.8, 4) is 0 Å². The highest BCUT2D eigenvalue weighted by Crippen LogP contribution is 2.21. The van der Waals surface area contributed by atoms with Gasteiger partial charge in [0.25, 0.3) is 0 Å². The molecule has 0 aliphatic heterocycles. The molecular formula is C8H10N6S. The number of imidazole rings is 1. The molecular weight excluding hydrogens is 212 g/mol. The third-order valence-corrected chi connectivity index (χ3v) is 2.79. The third kappa shape index (κ3) is 2.24. The molecule has 7 heteroatoms. The number of thioether (sulfide) groups is 1. The van der Waals surface area contributed by atoms with Gasteiger partial charge in [-0.15, -0.1) is 11.8 Å². The van der Waals surface area contributed by atoms with Crippen molar-refractivity contribution in [2.45, 2.75) is 11.4 Å². The van der Waals surface area contributed by atoms with E-state index < -0.39 is 0 Å². The first-order chi connectivity index (χ1) is 7.27. The Bertz CT molecular complexity index is 479. The third-order valence-electron chi connectivity index (χ3n) is 1.80. The molecule has 0 fully saturated rings. The van der Waals surface area contributed by atoms with E-state index in [0.717, 1.165) is 16.3 Å². The fourth-order valence-electron chi connectivity index (χ4n) is 1.11. The van der Waals surface area contributed by atoms with Gasteiger partial charge in [-0.3, -0.25) is 5.41 Å². The molecule has 4 N–H and O–H groups in total. The Kier molecular flexibility index (Phi) is 2.82. The van der Waals surface area contributed by atoms with E-state index in [9.17, 15) is 0 Å². The lowest BCUT2D eigenvalue weighted by molar-refractivity contribution is 1.08. The highest BCUT2D eigenvalue weighted by atomic mass is 32.2. The molecule has 0 saturated heterocycles. The zero-order valence-corrected chi connectivity index (χ0v) is 8.71. The molecule has 0 atom stereocenters. The highest BCUT2D eigenvalue weighted by Gasteiger charge is 2.05. The van der Waals surface area contributed by atoms with Gasteiger partial charge in [0.15, 0.2) is 5.65 Å². The standard InChI is InChI=1S/C8H10N6S/c9-5(10)1-2-15-8-6-7(12-3-11-6)13-4-14-8/h3-4H,1-2H2,(H3,9,10)(H,11,12,13,14). The van der Waals surface area contributed by atoms with Crippen molar-refractivity contribution in [3.05, 3.63) is 12.7 Å². The fraction of sp³-hybridized carbons (Fsp3) is 0.250. The second-order valence-electron chi connectivity index (χ2n) is 2.90. The maximum Gasteiger partial charge on any atom is 0.181 e. The normalized spacial score (nSPS) is 10.7. The number of H-pyrrole nitrogens is 1. The number of aromatic nitrogens is 4. The van der Waals surface area contributed by atoms with Crippen molar-refractivity contribution < 1.29 is 0 Å². The van der Waals surface area contributed by atoms with Gasteiger partial charge in [-0.2, -0.15) is 0 Å². The molecule has 0 saturated carbocycles. The first kappa shape index (κ1) is 9.91. The number of hydrogen-bond donors (Lipinski definition) is 3. The van der Waals surface area contributed by atoms with Gasteiger partial charge < -0.3 is 10.7 Å². The zero-order valence-electron chi connectivity index (χ0n) is 7.90. The van der Waals surface area contributed by atoms with Gasteiger partial charge in [0.05, 0.1) is 12.2 Å². The summed E-state index contributed by atoms with van der Waals surface area (Å²) in [6.07, 6.45) is 3.64. The summed E-state index contributed by atoms with van der Waals surface area (Å²) in [7, 11) is 0. The maximum atomic E-state index is 7.10. The van der Waals surface area contributed by atoms with E-state index in [1.807, 2.05) is 0 Å². The minimum Gasteiger partial charge on any atom is -0.388 e. The quantitative estimate of drug-likeness (QED) is 0.307. The van der Waals surface area contributed by atoms with Gasteiger partial charge in [-0.05, 0) is 0 Å². The highest BCUT2D eigenvalue weighted by molar-refractivity contribution is 7.99. The molecule has 78 valence electrons. The summed E-state index contributed by atoms with van der Waals surface area (Å²) in [6, 6.07) is 0. The molecule has 2 heterocycles. The van der Waals surface area contributed by atoms with E-state index in [-0.39, 0.29) is 5.84 Å². The number of fused-ring (bicyclic) bond motifs is 1. The minimum atomic E-state index is 0.192. The SMILES string of the molecule is N=C(N)CCSc1ncnc2nc[nH]c12. The number of rotatable bonds is 4. The summed E-state index contributed by atoms with van der Waals surface area (Å²) in [5.74, 6) is 0.929. The molecule has 0 amide bonds. The van der Waals surface area contributed by atoms with Crippen LogP contribution in [0, 0.1) is 5.41 Å². The van der Waals surface area contributed by atoms with E-state index in [1.54, 1.807) is 6.33 Å². The first-order valence-corrected chi connectivity index (χ1v) is 5.35. The molecule has 0 radical (unpaired) electrons. The second kappa shape index (κ2) is 4.26. The van der Waals surface area contributed by atoms with Crippen molar-refractivity contribution in [2.24, 2.45) is 5.73 Å². The molecule has 0 aliphatic carbocycles. The average Bonchev–Trinajstić information content (AvgIpc) is 2.65. The van der Waals surface area contributed by atoms with Crippen LogP contribution in [0.25, 0.3) is 11.2 Å². The van der Waals surface area contributed by atoms with Crippen LogP contribution in [0.5, 0.6) is 0 Å². The van der Waals surface area contributed by atoms with E-state index in [1.165, 1.54) is 18.1 Å². The van der Waals surface area contributed by atoms with Crippen LogP contribution in [0.15, 0.2) is 17.7 Å². The minimum absolute atomic E-state index is 0.192. The van der Waals surface area contributed by atoms with Crippen LogP contribution < -0.4 is 5.73 Å². The Morgan fingerprint density at radius 2 is 2.33 bits per heavy atom. The number of nitrogens with zero attached hydrogens (tertiary/aromatic N) is 3. The molecule has 15 heavy (non-hydrogen) atoms. The van der Waals surface area contributed by atoms with E-state index in [0.29, 0.717) is 12.1 Å². The van der Waals surface area contributed by atoms with Crippen LogP contribution >= 0.6 is 11.8 Å². The van der Waals surface area contributed by atoms with Crippen molar-refractivity contribution in [1.82, 2.24) is 19.9 Å². The summed E-state index contributed by atoms with van der Waals surface area (Å²) >= 11 is 1.54. The number of nitrogens with two attached hydrogens (primary N) is 1. The fourth-order valence-corrected chi connectivity index (χ4v) is 2.04.